The molecule has 1 rings (SSSR count). The molecular formula is C14H21NO2. The van der Waals surface area contributed by atoms with Gasteiger partial charge in [0, 0.05) is 0 Å². The molecule has 0 bridgehead atoms. The number of hydrogen-bond acceptors (Lipinski definition) is 3. The van der Waals surface area contributed by atoms with Gasteiger partial charge in [0.15, 0.2) is 0 Å². The van der Waals surface area contributed by atoms with Crippen molar-refractivity contribution in [2.75, 3.05) is 6.54 Å². The quantitative estimate of drug-likeness (QED) is 0.819. The fourth-order valence-corrected chi connectivity index (χ4v) is 1.56. The Labute approximate surface area is 103 Å². The minimum Gasteiger partial charge on any atom is -0.456 e. The lowest BCUT2D eigenvalue weighted by atomic mass is 10.0. The molecule has 0 amide bonds. The highest BCUT2D eigenvalue weighted by atomic mass is 16.6. The van der Waals surface area contributed by atoms with Crippen molar-refractivity contribution in [3.63, 3.8) is 0 Å². The van der Waals surface area contributed by atoms with Crippen LogP contribution in [-0.4, -0.2) is 18.1 Å². The first-order chi connectivity index (χ1) is 7.83. The Hall–Kier alpha value is -1.35. The average molecular weight is 235 g/mol. The van der Waals surface area contributed by atoms with Crippen LogP contribution in [0.5, 0.6) is 0 Å². The third kappa shape index (κ3) is 4.19. The Balaban J connectivity index is 2.91. The molecule has 0 spiro atoms. The molecule has 94 valence electrons. The molecule has 0 fully saturated rings. The zero-order chi connectivity index (χ0) is 13.1. The molecule has 0 atom stereocenters. The van der Waals surface area contributed by atoms with Crippen molar-refractivity contribution >= 4 is 5.97 Å². The topological polar surface area (TPSA) is 52.3 Å². The summed E-state index contributed by atoms with van der Waals surface area (Å²) in [7, 11) is 0. The van der Waals surface area contributed by atoms with Crippen LogP contribution >= 0.6 is 0 Å². The lowest BCUT2D eigenvalue weighted by Crippen LogP contribution is -2.24. The molecule has 0 unspecified atom stereocenters. The van der Waals surface area contributed by atoms with Gasteiger partial charge in [0.1, 0.15) is 5.60 Å². The van der Waals surface area contributed by atoms with E-state index < -0.39 is 5.60 Å². The van der Waals surface area contributed by atoms with E-state index in [2.05, 4.69) is 0 Å². The van der Waals surface area contributed by atoms with Gasteiger partial charge >= 0.3 is 5.97 Å². The molecule has 2 N–H and O–H groups in total. The molecule has 0 saturated carbocycles. The Morgan fingerprint density at radius 1 is 1.35 bits per heavy atom. The molecule has 0 aliphatic rings. The van der Waals surface area contributed by atoms with E-state index in [1.165, 1.54) is 0 Å². The monoisotopic (exact) mass is 235 g/mol. The van der Waals surface area contributed by atoms with Gasteiger partial charge in [-0.25, -0.2) is 4.79 Å². The van der Waals surface area contributed by atoms with Crippen molar-refractivity contribution in [2.24, 2.45) is 5.73 Å². The van der Waals surface area contributed by atoms with Crippen molar-refractivity contribution < 1.29 is 9.53 Å². The summed E-state index contributed by atoms with van der Waals surface area (Å²) in [4.78, 5) is 11.9. The fraction of sp³-hybridized carbons (Fsp3) is 0.500. The predicted octanol–water partition coefficient (Wildman–Crippen LogP) is 2.45. The standard InChI is InChI=1S/C14H21NO2/c1-10-5-6-12(9-11(10)7-8-15)13(16)17-14(2,3)4/h5-6,9H,7-8,15H2,1-4H3. The first kappa shape index (κ1) is 13.7. The van der Waals surface area contributed by atoms with E-state index in [1.54, 1.807) is 6.07 Å². The van der Waals surface area contributed by atoms with Crippen LogP contribution in [0, 0.1) is 6.92 Å². The Morgan fingerprint density at radius 3 is 2.53 bits per heavy atom. The van der Waals surface area contributed by atoms with Crippen LogP contribution < -0.4 is 5.73 Å². The van der Waals surface area contributed by atoms with Crippen molar-refractivity contribution in [3.05, 3.63) is 34.9 Å². The number of aryl methyl sites for hydroxylation is 1. The number of hydrogen-bond donors (Lipinski definition) is 1. The maximum Gasteiger partial charge on any atom is 0.338 e. The maximum atomic E-state index is 11.9. The first-order valence-corrected chi connectivity index (χ1v) is 5.86. The summed E-state index contributed by atoms with van der Waals surface area (Å²) in [5.74, 6) is -0.282. The molecule has 0 radical (unpaired) electrons. The lowest BCUT2D eigenvalue weighted by molar-refractivity contribution is 0.00694. The smallest absolute Gasteiger partial charge is 0.338 e. The van der Waals surface area contributed by atoms with E-state index in [0.29, 0.717) is 12.1 Å². The molecular weight excluding hydrogens is 214 g/mol. The second kappa shape index (κ2) is 5.32. The second-order valence-corrected chi connectivity index (χ2v) is 5.18. The summed E-state index contributed by atoms with van der Waals surface area (Å²) in [5.41, 5.74) is 7.93. The van der Waals surface area contributed by atoms with Crippen LogP contribution in [0.2, 0.25) is 0 Å². The molecule has 0 aliphatic heterocycles. The highest BCUT2D eigenvalue weighted by Gasteiger charge is 2.18. The van der Waals surface area contributed by atoms with Crippen LogP contribution in [0.4, 0.5) is 0 Å². The first-order valence-electron chi connectivity index (χ1n) is 5.86. The normalized spacial score (nSPS) is 11.4. The zero-order valence-corrected chi connectivity index (χ0v) is 11.0. The van der Waals surface area contributed by atoms with E-state index in [-0.39, 0.29) is 5.97 Å². The van der Waals surface area contributed by atoms with E-state index >= 15 is 0 Å². The van der Waals surface area contributed by atoms with Crippen molar-refractivity contribution in [1.82, 2.24) is 0 Å². The predicted molar refractivity (Wildman–Crippen MR) is 69.1 cm³/mol. The molecule has 0 saturated heterocycles. The number of nitrogens with two attached hydrogens (primary N) is 1. The van der Waals surface area contributed by atoms with Crippen LogP contribution in [0.3, 0.4) is 0 Å². The number of benzene rings is 1. The molecule has 3 heteroatoms. The van der Waals surface area contributed by atoms with Gasteiger partial charge in [0.05, 0.1) is 5.56 Å². The summed E-state index contributed by atoms with van der Waals surface area (Å²) < 4.78 is 5.33. The fourth-order valence-electron chi connectivity index (χ4n) is 1.56. The largest absolute Gasteiger partial charge is 0.456 e. The molecule has 0 aliphatic carbocycles. The number of carbonyl (C=O) groups excluding carboxylic acids is 1. The van der Waals surface area contributed by atoms with E-state index in [9.17, 15) is 4.79 Å². The summed E-state index contributed by atoms with van der Waals surface area (Å²) in [6, 6.07) is 5.60. The summed E-state index contributed by atoms with van der Waals surface area (Å²) >= 11 is 0. The molecule has 1 aromatic carbocycles. The minimum atomic E-state index is -0.462. The van der Waals surface area contributed by atoms with Crippen LogP contribution in [0.1, 0.15) is 42.3 Å². The lowest BCUT2D eigenvalue weighted by Gasteiger charge is -2.19. The highest BCUT2D eigenvalue weighted by molar-refractivity contribution is 5.90. The number of ether oxygens (including phenoxy) is 1. The summed E-state index contributed by atoms with van der Waals surface area (Å²) in [6.07, 6.45) is 0.780. The second-order valence-electron chi connectivity index (χ2n) is 5.18. The number of esters is 1. The van der Waals surface area contributed by atoms with E-state index in [4.69, 9.17) is 10.5 Å². The number of rotatable bonds is 3. The van der Waals surface area contributed by atoms with Gasteiger partial charge in [0.2, 0.25) is 0 Å². The SMILES string of the molecule is Cc1ccc(C(=O)OC(C)(C)C)cc1CCN. The maximum absolute atomic E-state index is 11.9. The Morgan fingerprint density at radius 2 is 2.00 bits per heavy atom. The third-order valence-corrected chi connectivity index (χ3v) is 2.40. The Kier molecular flexibility index (Phi) is 4.29. The van der Waals surface area contributed by atoms with Gasteiger partial charge in [-0.3, -0.25) is 0 Å². The van der Waals surface area contributed by atoms with Gasteiger partial charge < -0.3 is 10.5 Å². The van der Waals surface area contributed by atoms with Crippen LogP contribution in [0.25, 0.3) is 0 Å². The van der Waals surface area contributed by atoms with Crippen molar-refractivity contribution in [1.29, 1.82) is 0 Å². The zero-order valence-electron chi connectivity index (χ0n) is 11.0. The molecule has 0 aromatic heterocycles. The highest BCUT2D eigenvalue weighted by Crippen LogP contribution is 2.16. The Bertz CT molecular complexity index is 405. The van der Waals surface area contributed by atoms with Gasteiger partial charge in [0.25, 0.3) is 0 Å². The van der Waals surface area contributed by atoms with Crippen LogP contribution in [0.15, 0.2) is 18.2 Å². The molecule has 17 heavy (non-hydrogen) atoms. The van der Waals surface area contributed by atoms with E-state index in [1.807, 2.05) is 39.8 Å². The van der Waals surface area contributed by atoms with Crippen molar-refractivity contribution in [2.45, 2.75) is 39.7 Å². The average Bonchev–Trinajstić information content (AvgIpc) is 2.19. The molecule has 3 nitrogen and oxygen atoms in total. The van der Waals surface area contributed by atoms with Crippen LogP contribution in [-0.2, 0) is 11.2 Å². The van der Waals surface area contributed by atoms with Gasteiger partial charge in [-0.1, -0.05) is 6.07 Å². The molecule has 1 aromatic rings. The summed E-state index contributed by atoms with van der Waals surface area (Å²) in [6.45, 7) is 8.18. The van der Waals surface area contributed by atoms with Gasteiger partial charge in [-0.2, -0.15) is 0 Å². The minimum absolute atomic E-state index is 0.282. The third-order valence-electron chi connectivity index (χ3n) is 2.40. The van der Waals surface area contributed by atoms with Gasteiger partial charge in [-0.05, 0) is 63.9 Å². The van der Waals surface area contributed by atoms with Gasteiger partial charge in [-0.15, -0.1) is 0 Å². The molecule has 0 heterocycles. The van der Waals surface area contributed by atoms with Crippen molar-refractivity contribution in [3.8, 4) is 0 Å². The summed E-state index contributed by atoms with van der Waals surface area (Å²) in [5, 5.41) is 0. The van der Waals surface area contributed by atoms with E-state index in [0.717, 1.165) is 17.5 Å². The number of carbonyl (C=O) groups is 1.